The second-order valence-corrected chi connectivity index (χ2v) is 5.52. The molecule has 2 aliphatic rings. The van der Waals surface area contributed by atoms with E-state index in [9.17, 15) is 9.59 Å². The Kier molecular flexibility index (Phi) is 3.59. The summed E-state index contributed by atoms with van der Waals surface area (Å²) in [4.78, 5) is 26.5. The second-order valence-electron chi connectivity index (χ2n) is 5.52. The monoisotopic (exact) mass is 255 g/mol. The number of carbonyl (C=O) groups excluding carboxylic acids is 1. The number of carboxylic acid groups (broad SMARTS) is 1. The number of aliphatic carboxylic acids is 1. The summed E-state index contributed by atoms with van der Waals surface area (Å²) in [6.07, 6.45) is 2.08. The Bertz CT molecular complexity index is 344. The lowest BCUT2D eigenvalue weighted by Crippen LogP contribution is -2.59. The van der Waals surface area contributed by atoms with Crippen molar-refractivity contribution in [2.24, 2.45) is 11.7 Å². The molecule has 1 amide bonds. The number of nitrogens with two attached hydrogens (primary N) is 1. The van der Waals surface area contributed by atoms with Crippen LogP contribution in [0.15, 0.2) is 0 Å². The third-order valence-corrected chi connectivity index (χ3v) is 3.90. The number of amides is 1. The van der Waals surface area contributed by atoms with Crippen LogP contribution < -0.4 is 5.73 Å². The molecule has 0 bridgehead atoms. The largest absolute Gasteiger partial charge is 0.480 e. The van der Waals surface area contributed by atoms with Crippen LogP contribution in [-0.2, 0) is 9.59 Å². The van der Waals surface area contributed by atoms with E-state index >= 15 is 0 Å². The molecule has 2 fully saturated rings. The average Bonchev–Trinajstić information content (AvgIpc) is 3.12. The molecule has 1 aliphatic carbocycles. The molecule has 0 radical (unpaired) electrons. The smallest absolute Gasteiger partial charge is 0.317 e. The lowest BCUT2D eigenvalue weighted by Gasteiger charge is -2.38. The van der Waals surface area contributed by atoms with Gasteiger partial charge in [0.15, 0.2) is 0 Å². The molecule has 1 aliphatic heterocycles. The van der Waals surface area contributed by atoms with E-state index in [1.807, 2.05) is 11.8 Å². The molecule has 2 rings (SSSR count). The van der Waals surface area contributed by atoms with E-state index in [0.29, 0.717) is 32.1 Å². The molecule has 1 unspecified atom stereocenters. The Morgan fingerprint density at radius 3 is 2.28 bits per heavy atom. The molecular weight excluding hydrogens is 234 g/mol. The van der Waals surface area contributed by atoms with E-state index in [4.69, 9.17) is 10.8 Å². The minimum Gasteiger partial charge on any atom is -0.480 e. The molecule has 6 nitrogen and oxygen atoms in total. The van der Waals surface area contributed by atoms with Crippen LogP contribution >= 0.6 is 0 Å². The van der Waals surface area contributed by atoms with Crippen LogP contribution in [0.1, 0.15) is 19.8 Å². The fourth-order valence-corrected chi connectivity index (χ4v) is 2.50. The molecule has 1 saturated carbocycles. The summed E-state index contributed by atoms with van der Waals surface area (Å²) >= 11 is 0. The quantitative estimate of drug-likeness (QED) is 0.696. The van der Waals surface area contributed by atoms with Gasteiger partial charge in [-0.25, -0.2) is 0 Å². The normalized spacial score (nSPS) is 24.7. The summed E-state index contributed by atoms with van der Waals surface area (Å²) < 4.78 is 0. The van der Waals surface area contributed by atoms with E-state index < -0.39 is 11.5 Å². The number of rotatable bonds is 4. The zero-order valence-corrected chi connectivity index (χ0v) is 10.8. The fourth-order valence-electron chi connectivity index (χ4n) is 2.50. The second kappa shape index (κ2) is 4.85. The number of carbonyl (C=O) groups is 2. The van der Waals surface area contributed by atoms with E-state index in [1.54, 1.807) is 4.90 Å². The van der Waals surface area contributed by atoms with Gasteiger partial charge in [-0.2, -0.15) is 0 Å². The van der Waals surface area contributed by atoms with Gasteiger partial charge < -0.3 is 15.7 Å². The van der Waals surface area contributed by atoms with Gasteiger partial charge in [0.1, 0.15) is 0 Å². The molecule has 0 spiro atoms. The first kappa shape index (κ1) is 13.3. The summed E-state index contributed by atoms with van der Waals surface area (Å²) in [5.41, 5.74) is 5.37. The first-order valence-corrected chi connectivity index (χ1v) is 6.43. The molecular formula is C12H21N3O3. The van der Waals surface area contributed by atoms with Crippen molar-refractivity contribution in [1.29, 1.82) is 0 Å². The van der Waals surface area contributed by atoms with E-state index in [2.05, 4.69) is 0 Å². The van der Waals surface area contributed by atoms with Crippen LogP contribution in [0.4, 0.5) is 0 Å². The van der Waals surface area contributed by atoms with Crippen molar-refractivity contribution in [2.75, 3.05) is 32.7 Å². The molecule has 1 saturated heterocycles. The third kappa shape index (κ3) is 2.81. The molecule has 0 aromatic rings. The summed E-state index contributed by atoms with van der Waals surface area (Å²) in [5, 5.41) is 8.71. The Balaban J connectivity index is 1.85. The molecule has 1 heterocycles. The third-order valence-electron chi connectivity index (χ3n) is 3.90. The maximum absolute atomic E-state index is 12.3. The minimum absolute atomic E-state index is 0.0139. The van der Waals surface area contributed by atoms with E-state index in [0.717, 1.165) is 12.8 Å². The highest BCUT2D eigenvalue weighted by Gasteiger charge is 2.46. The van der Waals surface area contributed by atoms with E-state index in [1.165, 1.54) is 0 Å². The van der Waals surface area contributed by atoms with Crippen molar-refractivity contribution in [2.45, 2.75) is 25.3 Å². The first-order chi connectivity index (χ1) is 8.41. The summed E-state index contributed by atoms with van der Waals surface area (Å²) in [5.74, 6) is -0.488. The number of piperazine rings is 1. The Labute approximate surface area is 107 Å². The summed E-state index contributed by atoms with van der Waals surface area (Å²) in [6.45, 7) is 4.23. The maximum atomic E-state index is 12.3. The lowest BCUT2D eigenvalue weighted by molar-refractivity contribution is -0.141. The van der Waals surface area contributed by atoms with Crippen molar-refractivity contribution < 1.29 is 14.7 Å². The van der Waals surface area contributed by atoms with Gasteiger partial charge in [0.2, 0.25) is 5.91 Å². The number of hydrogen-bond donors (Lipinski definition) is 2. The lowest BCUT2D eigenvalue weighted by atomic mass is 9.95. The zero-order valence-electron chi connectivity index (χ0n) is 10.8. The predicted molar refractivity (Wildman–Crippen MR) is 66.0 cm³/mol. The Morgan fingerprint density at radius 2 is 1.83 bits per heavy atom. The Morgan fingerprint density at radius 1 is 1.28 bits per heavy atom. The van der Waals surface area contributed by atoms with Crippen LogP contribution in [0.3, 0.4) is 0 Å². The van der Waals surface area contributed by atoms with Gasteiger partial charge in [-0.15, -0.1) is 0 Å². The minimum atomic E-state index is -0.823. The van der Waals surface area contributed by atoms with Gasteiger partial charge in [0.05, 0.1) is 12.1 Å². The topological polar surface area (TPSA) is 86.9 Å². The van der Waals surface area contributed by atoms with Gasteiger partial charge in [-0.1, -0.05) is 0 Å². The van der Waals surface area contributed by atoms with Crippen LogP contribution in [0, 0.1) is 5.92 Å². The first-order valence-electron chi connectivity index (χ1n) is 6.43. The molecule has 6 heteroatoms. The van der Waals surface area contributed by atoms with Crippen molar-refractivity contribution in [3.8, 4) is 0 Å². The highest BCUT2D eigenvalue weighted by atomic mass is 16.4. The van der Waals surface area contributed by atoms with Crippen molar-refractivity contribution >= 4 is 11.9 Å². The molecule has 1 atom stereocenters. The average molecular weight is 255 g/mol. The van der Waals surface area contributed by atoms with Crippen molar-refractivity contribution in [1.82, 2.24) is 9.80 Å². The van der Waals surface area contributed by atoms with E-state index in [-0.39, 0.29) is 12.5 Å². The van der Waals surface area contributed by atoms with Gasteiger partial charge >= 0.3 is 5.97 Å². The maximum Gasteiger partial charge on any atom is 0.317 e. The van der Waals surface area contributed by atoms with Gasteiger partial charge in [0.25, 0.3) is 0 Å². The Hall–Kier alpha value is -1.14. The molecule has 18 heavy (non-hydrogen) atoms. The standard InChI is InChI=1S/C12H21N3O3/c1-12(13,9-2-3-9)11(18)15-6-4-14(5-7-15)8-10(16)17/h9H,2-8,13H2,1H3,(H,16,17). The van der Waals surface area contributed by atoms with Gasteiger partial charge in [-0.05, 0) is 25.7 Å². The molecule has 102 valence electrons. The number of hydrogen-bond acceptors (Lipinski definition) is 4. The van der Waals surface area contributed by atoms with Crippen LogP contribution in [0.2, 0.25) is 0 Å². The molecule has 0 aromatic carbocycles. The fraction of sp³-hybridized carbons (Fsp3) is 0.833. The molecule has 0 aromatic heterocycles. The summed E-state index contributed by atoms with van der Waals surface area (Å²) in [7, 11) is 0. The van der Waals surface area contributed by atoms with Crippen molar-refractivity contribution in [3.05, 3.63) is 0 Å². The number of carboxylic acids is 1. The highest BCUT2D eigenvalue weighted by molar-refractivity contribution is 5.86. The molecule has 3 N–H and O–H groups in total. The van der Waals surface area contributed by atoms with Gasteiger partial charge in [-0.3, -0.25) is 14.5 Å². The van der Waals surface area contributed by atoms with Crippen LogP contribution in [0.25, 0.3) is 0 Å². The zero-order chi connectivity index (χ0) is 13.3. The van der Waals surface area contributed by atoms with Crippen molar-refractivity contribution in [3.63, 3.8) is 0 Å². The highest BCUT2D eigenvalue weighted by Crippen LogP contribution is 2.39. The van der Waals surface area contributed by atoms with Gasteiger partial charge in [0, 0.05) is 26.2 Å². The summed E-state index contributed by atoms with van der Waals surface area (Å²) in [6, 6.07) is 0. The predicted octanol–water partition coefficient (Wildman–Crippen LogP) is -0.657. The van der Waals surface area contributed by atoms with Crippen LogP contribution in [0.5, 0.6) is 0 Å². The van der Waals surface area contributed by atoms with Crippen LogP contribution in [-0.4, -0.2) is 65.0 Å². The SMILES string of the molecule is CC(N)(C(=O)N1CCN(CC(=O)O)CC1)C1CC1. The number of nitrogens with zero attached hydrogens (tertiary/aromatic N) is 2.